The molecule has 2 aromatic carbocycles. The first-order chi connectivity index (χ1) is 19.3. The van der Waals surface area contributed by atoms with Crippen molar-refractivity contribution in [3.63, 3.8) is 0 Å². The third kappa shape index (κ3) is 10.00. The van der Waals surface area contributed by atoms with Gasteiger partial charge in [0.15, 0.2) is 5.82 Å². The Morgan fingerprint density at radius 1 is 0.800 bits per heavy atom. The number of aromatic nitrogens is 2. The first-order valence-electron chi connectivity index (χ1n) is 14.5. The molecule has 0 aliphatic heterocycles. The van der Waals surface area contributed by atoms with Gasteiger partial charge in [-0.25, -0.2) is 23.5 Å². The Morgan fingerprint density at radius 3 is 2.02 bits per heavy atom. The van der Waals surface area contributed by atoms with Gasteiger partial charge in [-0.05, 0) is 68.1 Å². The average molecular weight is 553 g/mol. The summed E-state index contributed by atoms with van der Waals surface area (Å²) in [7, 11) is 0. The van der Waals surface area contributed by atoms with Gasteiger partial charge in [-0.2, -0.15) is 0 Å². The van der Waals surface area contributed by atoms with E-state index in [9.17, 15) is 13.6 Å². The van der Waals surface area contributed by atoms with Crippen molar-refractivity contribution in [3.05, 3.63) is 60.9 Å². The van der Waals surface area contributed by atoms with E-state index >= 15 is 0 Å². The van der Waals surface area contributed by atoms with Crippen LogP contribution < -0.4 is 9.47 Å². The van der Waals surface area contributed by atoms with Crippen LogP contribution in [0.4, 0.5) is 8.78 Å². The van der Waals surface area contributed by atoms with E-state index < -0.39 is 17.8 Å². The van der Waals surface area contributed by atoms with Crippen molar-refractivity contribution < 1.29 is 23.0 Å². The summed E-state index contributed by atoms with van der Waals surface area (Å²) in [6.07, 6.45) is 11.1. The smallest absolute Gasteiger partial charge is 0.348 e. The molecule has 0 saturated heterocycles. The van der Waals surface area contributed by atoms with Crippen molar-refractivity contribution >= 4 is 5.97 Å². The Labute approximate surface area is 237 Å². The van der Waals surface area contributed by atoms with Crippen molar-refractivity contribution in [1.29, 1.82) is 0 Å². The van der Waals surface area contributed by atoms with Crippen LogP contribution in [-0.4, -0.2) is 34.4 Å². The Bertz CT molecular complexity index is 1150. The van der Waals surface area contributed by atoms with Crippen LogP contribution >= 0.6 is 0 Å². The van der Waals surface area contributed by atoms with E-state index in [1.165, 1.54) is 19.8 Å². The van der Waals surface area contributed by atoms with E-state index in [0.717, 1.165) is 48.8 Å². The highest BCUT2D eigenvalue weighted by Gasteiger charge is 2.34. The van der Waals surface area contributed by atoms with Crippen LogP contribution in [0.2, 0.25) is 0 Å². The largest absolute Gasteiger partial charge is 0.491 e. The highest BCUT2D eigenvalue weighted by Crippen LogP contribution is 2.27. The molecular formula is C33H42F2N2O3. The maximum atomic E-state index is 14.9. The quantitative estimate of drug-likeness (QED) is 0.0949. The van der Waals surface area contributed by atoms with Crippen LogP contribution in [0.3, 0.4) is 0 Å². The number of ether oxygens (including phenoxy) is 2. The maximum absolute atomic E-state index is 14.9. The number of esters is 1. The number of alkyl halides is 2. The molecule has 216 valence electrons. The highest BCUT2D eigenvalue weighted by atomic mass is 19.1. The molecule has 7 heteroatoms. The number of unbranched alkanes of at least 4 members (excludes halogenated alkanes) is 6. The van der Waals surface area contributed by atoms with E-state index in [2.05, 4.69) is 16.9 Å². The molecule has 0 saturated carbocycles. The monoisotopic (exact) mass is 552 g/mol. The van der Waals surface area contributed by atoms with Crippen LogP contribution in [0.15, 0.2) is 60.9 Å². The molecular weight excluding hydrogens is 510 g/mol. The van der Waals surface area contributed by atoms with Gasteiger partial charge in [-0.1, -0.05) is 70.9 Å². The molecule has 0 aliphatic rings. The predicted molar refractivity (Wildman–Crippen MR) is 156 cm³/mol. The fourth-order valence-electron chi connectivity index (χ4n) is 4.29. The van der Waals surface area contributed by atoms with Crippen LogP contribution in [0.1, 0.15) is 85.0 Å². The zero-order chi connectivity index (χ0) is 28.8. The molecule has 0 amide bonds. The topological polar surface area (TPSA) is 61.3 Å². The number of hydrogen-bond donors (Lipinski definition) is 0. The van der Waals surface area contributed by atoms with Gasteiger partial charge < -0.3 is 9.47 Å². The minimum absolute atomic E-state index is 0.0504. The van der Waals surface area contributed by atoms with Gasteiger partial charge in [0.25, 0.3) is 0 Å². The lowest BCUT2D eigenvalue weighted by atomic mass is 9.99. The normalized spacial score (nSPS) is 13.4. The summed E-state index contributed by atoms with van der Waals surface area (Å²) >= 11 is 0. The third-order valence-electron chi connectivity index (χ3n) is 6.89. The van der Waals surface area contributed by atoms with Gasteiger partial charge in [0, 0.05) is 23.5 Å². The van der Waals surface area contributed by atoms with Gasteiger partial charge in [0.05, 0.1) is 0 Å². The molecule has 1 aromatic heterocycles. The number of benzene rings is 2. The molecule has 0 bridgehead atoms. The molecule has 0 fully saturated rings. The summed E-state index contributed by atoms with van der Waals surface area (Å²) in [6.45, 7) is 5.54. The van der Waals surface area contributed by atoms with Crippen molar-refractivity contribution in [2.24, 2.45) is 0 Å². The molecule has 3 aromatic rings. The predicted octanol–water partition coefficient (Wildman–Crippen LogP) is 9.10. The molecule has 0 unspecified atom stereocenters. The second-order valence-electron chi connectivity index (χ2n) is 10.5. The number of halogens is 2. The molecule has 0 spiro atoms. The van der Waals surface area contributed by atoms with Crippen LogP contribution in [0, 0.1) is 0 Å². The van der Waals surface area contributed by atoms with Gasteiger partial charge >= 0.3 is 5.97 Å². The molecule has 40 heavy (non-hydrogen) atoms. The van der Waals surface area contributed by atoms with E-state index in [-0.39, 0.29) is 13.0 Å². The first kappa shape index (κ1) is 31.2. The number of rotatable bonds is 17. The number of nitrogens with zero attached hydrogens (tertiary/aromatic N) is 2. The van der Waals surface area contributed by atoms with Crippen LogP contribution in [0.5, 0.6) is 11.5 Å². The summed E-state index contributed by atoms with van der Waals surface area (Å²) in [5.74, 6) is 0.597. The van der Waals surface area contributed by atoms with Gasteiger partial charge in [-0.3, -0.25) is 0 Å². The molecule has 0 aliphatic carbocycles. The maximum Gasteiger partial charge on any atom is 0.348 e. The van der Waals surface area contributed by atoms with Crippen molar-refractivity contribution in [3.8, 4) is 34.0 Å². The lowest BCUT2D eigenvalue weighted by Gasteiger charge is -2.18. The zero-order valence-electron chi connectivity index (χ0n) is 24.0. The van der Waals surface area contributed by atoms with Gasteiger partial charge in [0.1, 0.15) is 24.3 Å². The zero-order valence-corrected chi connectivity index (χ0v) is 24.0. The SMILES string of the molecule is CCCCCCCC[C@](C)(F)C(=O)Oc1ccc(-c2cnc(-c3ccc(OC[C@@H](F)CCCC)cc3)nc2)cc1. The van der Waals surface area contributed by atoms with Crippen molar-refractivity contribution in [2.45, 2.75) is 96.8 Å². The van der Waals surface area contributed by atoms with E-state index in [1.807, 2.05) is 19.1 Å². The average Bonchev–Trinajstić information content (AvgIpc) is 2.97. The lowest BCUT2D eigenvalue weighted by Crippen LogP contribution is -2.34. The fraction of sp³-hybridized carbons (Fsp3) is 0.485. The fourth-order valence-corrected chi connectivity index (χ4v) is 4.29. The summed E-state index contributed by atoms with van der Waals surface area (Å²) in [6, 6.07) is 14.1. The standard InChI is InChI=1S/C33H42F2N2O3/c1-4-6-8-9-10-11-21-33(3,35)32(38)40-30-19-13-25(14-20-30)27-22-36-31(37-23-27)26-15-17-29(18-16-26)39-24-28(34)12-7-5-2/h13-20,22-23,28H,4-12,21,24H2,1-3H3/t28-,33-/m0/s1. The van der Waals surface area contributed by atoms with Gasteiger partial charge in [-0.15, -0.1) is 0 Å². The second-order valence-corrected chi connectivity index (χ2v) is 10.5. The number of carbonyl (C=O) groups is 1. The molecule has 5 nitrogen and oxygen atoms in total. The minimum atomic E-state index is -2.01. The molecule has 3 rings (SSSR count). The van der Waals surface area contributed by atoms with Gasteiger partial charge in [0.2, 0.25) is 5.67 Å². The first-order valence-corrected chi connectivity index (χ1v) is 14.5. The van der Waals surface area contributed by atoms with Crippen LogP contribution in [-0.2, 0) is 4.79 Å². The minimum Gasteiger partial charge on any atom is -0.491 e. The highest BCUT2D eigenvalue weighted by molar-refractivity contribution is 5.81. The Kier molecular flexibility index (Phi) is 12.5. The van der Waals surface area contributed by atoms with E-state index in [0.29, 0.717) is 30.2 Å². The summed E-state index contributed by atoms with van der Waals surface area (Å²) in [4.78, 5) is 21.4. The summed E-state index contributed by atoms with van der Waals surface area (Å²) < 4.78 is 39.6. The van der Waals surface area contributed by atoms with Crippen molar-refractivity contribution in [2.75, 3.05) is 6.61 Å². The molecule has 0 radical (unpaired) electrons. The van der Waals surface area contributed by atoms with Crippen LogP contribution in [0.25, 0.3) is 22.5 Å². The third-order valence-corrected chi connectivity index (χ3v) is 6.89. The van der Waals surface area contributed by atoms with E-state index in [4.69, 9.17) is 9.47 Å². The molecule has 2 atom stereocenters. The lowest BCUT2D eigenvalue weighted by molar-refractivity contribution is -0.147. The Hall–Kier alpha value is -3.35. The summed E-state index contributed by atoms with van der Waals surface area (Å²) in [5, 5.41) is 0. The molecule has 1 heterocycles. The molecule has 0 N–H and O–H groups in total. The summed E-state index contributed by atoms with van der Waals surface area (Å²) in [5.41, 5.74) is 0.441. The van der Waals surface area contributed by atoms with E-state index in [1.54, 1.807) is 48.8 Å². The Balaban J connectivity index is 1.51. The number of carbonyl (C=O) groups excluding carboxylic acids is 1. The number of hydrogen-bond acceptors (Lipinski definition) is 5. The van der Waals surface area contributed by atoms with Crippen molar-refractivity contribution in [1.82, 2.24) is 9.97 Å². The second kappa shape index (κ2) is 16.0. The Morgan fingerprint density at radius 2 is 1.38 bits per heavy atom.